The fourth-order valence-electron chi connectivity index (χ4n) is 1.97. The lowest BCUT2D eigenvalue weighted by molar-refractivity contribution is 0.254. The van der Waals surface area contributed by atoms with E-state index in [1.807, 2.05) is 0 Å². The molecule has 1 aliphatic rings. The van der Waals surface area contributed by atoms with Crippen LogP contribution in [-0.4, -0.2) is 51.8 Å². The molecule has 5 nitrogen and oxygen atoms in total. The second kappa shape index (κ2) is 6.71. The van der Waals surface area contributed by atoms with Crippen molar-refractivity contribution in [1.29, 1.82) is 0 Å². The molecule has 0 amide bonds. The first kappa shape index (κ1) is 15.5. The summed E-state index contributed by atoms with van der Waals surface area (Å²) in [6.07, 6.45) is 0. The van der Waals surface area contributed by atoms with Gasteiger partial charge in [0.25, 0.3) is 0 Å². The maximum Gasteiger partial charge on any atom is 0.234 e. The van der Waals surface area contributed by atoms with Crippen molar-refractivity contribution >= 4 is 27.3 Å². The van der Waals surface area contributed by atoms with Gasteiger partial charge >= 0.3 is 0 Å². The van der Waals surface area contributed by atoms with E-state index in [9.17, 15) is 12.8 Å². The number of rotatable bonds is 5. The van der Waals surface area contributed by atoms with E-state index in [1.54, 1.807) is 0 Å². The number of anilines is 1. The van der Waals surface area contributed by atoms with E-state index < -0.39 is 15.8 Å². The number of benzene rings is 1. The Labute approximate surface area is 123 Å². The van der Waals surface area contributed by atoms with Gasteiger partial charge < -0.3 is 5.32 Å². The average Bonchev–Trinajstić information content (AvgIpc) is 2.41. The van der Waals surface area contributed by atoms with Gasteiger partial charge in [-0.05, 0) is 18.2 Å². The monoisotopic (exact) mass is 321 g/mol. The fourth-order valence-corrected chi connectivity index (χ4v) is 3.23. The minimum atomic E-state index is -3.56. The minimum Gasteiger partial charge on any atom is -0.314 e. The second-order valence-electron chi connectivity index (χ2n) is 4.64. The van der Waals surface area contributed by atoms with Crippen LogP contribution in [0.25, 0.3) is 0 Å². The molecule has 0 unspecified atom stereocenters. The van der Waals surface area contributed by atoms with Crippen molar-refractivity contribution in [3.63, 3.8) is 0 Å². The van der Waals surface area contributed by atoms with Crippen molar-refractivity contribution < 1.29 is 12.8 Å². The Bertz CT molecular complexity index is 562. The average molecular weight is 322 g/mol. The molecule has 0 saturated carbocycles. The zero-order valence-corrected chi connectivity index (χ0v) is 12.5. The van der Waals surface area contributed by atoms with Gasteiger partial charge in [0.15, 0.2) is 0 Å². The Hall–Kier alpha value is -0.890. The highest BCUT2D eigenvalue weighted by molar-refractivity contribution is 7.92. The minimum absolute atomic E-state index is 0.0604. The first-order valence-corrected chi connectivity index (χ1v) is 8.38. The molecule has 1 heterocycles. The van der Waals surface area contributed by atoms with Crippen LogP contribution >= 0.6 is 11.6 Å². The number of hydrogen-bond donors (Lipinski definition) is 2. The van der Waals surface area contributed by atoms with E-state index in [1.165, 1.54) is 12.1 Å². The number of halogens is 2. The number of sulfonamides is 1. The number of hydrogen-bond acceptors (Lipinski definition) is 4. The molecular weight excluding hydrogens is 305 g/mol. The van der Waals surface area contributed by atoms with E-state index in [-0.39, 0.29) is 16.5 Å². The summed E-state index contributed by atoms with van der Waals surface area (Å²) in [4.78, 5) is 2.06. The third-order valence-corrected chi connectivity index (χ3v) is 4.57. The van der Waals surface area contributed by atoms with Crippen LogP contribution in [0.4, 0.5) is 10.1 Å². The van der Waals surface area contributed by atoms with E-state index >= 15 is 0 Å². The van der Waals surface area contributed by atoms with Crippen molar-refractivity contribution in [3.8, 4) is 0 Å². The maximum atomic E-state index is 13.5. The number of piperazine rings is 1. The van der Waals surface area contributed by atoms with Crippen LogP contribution in [0.3, 0.4) is 0 Å². The predicted molar refractivity (Wildman–Crippen MR) is 78.1 cm³/mol. The van der Waals surface area contributed by atoms with Crippen LogP contribution in [0, 0.1) is 5.82 Å². The van der Waals surface area contributed by atoms with Crippen molar-refractivity contribution in [2.24, 2.45) is 0 Å². The van der Waals surface area contributed by atoms with Gasteiger partial charge in [-0.15, -0.1) is 0 Å². The molecule has 0 spiro atoms. The summed E-state index contributed by atoms with van der Waals surface area (Å²) in [7, 11) is -3.56. The lowest BCUT2D eigenvalue weighted by atomic mass is 10.3. The van der Waals surface area contributed by atoms with Crippen LogP contribution in [0.15, 0.2) is 18.2 Å². The molecule has 1 aromatic rings. The zero-order valence-electron chi connectivity index (χ0n) is 10.9. The number of nitrogens with one attached hydrogen (secondary N) is 2. The van der Waals surface area contributed by atoms with Crippen LogP contribution in [0.2, 0.25) is 5.02 Å². The molecule has 8 heteroatoms. The van der Waals surface area contributed by atoms with E-state index in [2.05, 4.69) is 14.9 Å². The Kier molecular flexibility index (Phi) is 5.20. The molecule has 2 N–H and O–H groups in total. The van der Waals surface area contributed by atoms with Gasteiger partial charge in [0.1, 0.15) is 5.82 Å². The van der Waals surface area contributed by atoms with Crippen molar-refractivity contribution in [1.82, 2.24) is 10.2 Å². The smallest absolute Gasteiger partial charge is 0.234 e. The predicted octanol–water partition coefficient (Wildman–Crippen LogP) is 1.13. The van der Waals surface area contributed by atoms with Crippen molar-refractivity contribution in [2.45, 2.75) is 0 Å². The van der Waals surface area contributed by atoms with E-state index in [4.69, 9.17) is 11.6 Å². The third-order valence-electron chi connectivity index (χ3n) is 3.08. The third kappa shape index (κ3) is 4.59. The largest absolute Gasteiger partial charge is 0.314 e. The molecule has 112 valence electrons. The van der Waals surface area contributed by atoms with E-state index in [0.29, 0.717) is 6.54 Å². The standard InChI is InChI=1S/C12H17ClFN3O2S/c13-10-1-2-12(11(14)9-10)16-20(18,19)8-7-17-5-3-15-4-6-17/h1-2,9,15-16H,3-8H2. The summed E-state index contributed by atoms with van der Waals surface area (Å²) < 4.78 is 39.6. The normalized spacial score (nSPS) is 17.1. The Morgan fingerprint density at radius 3 is 2.70 bits per heavy atom. The van der Waals surface area contributed by atoms with Crippen LogP contribution in [0.1, 0.15) is 0 Å². The molecule has 0 radical (unpaired) electrons. The van der Waals surface area contributed by atoms with Gasteiger partial charge in [0.2, 0.25) is 10.0 Å². The van der Waals surface area contributed by atoms with Gasteiger partial charge in [-0.25, -0.2) is 12.8 Å². The fraction of sp³-hybridized carbons (Fsp3) is 0.500. The Balaban J connectivity index is 1.93. The molecule has 1 aromatic carbocycles. The molecule has 20 heavy (non-hydrogen) atoms. The van der Waals surface area contributed by atoms with Gasteiger partial charge in [-0.3, -0.25) is 9.62 Å². The van der Waals surface area contributed by atoms with E-state index in [0.717, 1.165) is 32.2 Å². The Morgan fingerprint density at radius 1 is 1.35 bits per heavy atom. The molecule has 0 aromatic heterocycles. The second-order valence-corrected chi connectivity index (χ2v) is 6.92. The quantitative estimate of drug-likeness (QED) is 0.853. The van der Waals surface area contributed by atoms with Crippen LogP contribution < -0.4 is 10.0 Å². The highest BCUT2D eigenvalue weighted by Crippen LogP contribution is 2.19. The van der Waals surface area contributed by atoms with Crippen molar-refractivity contribution in [2.75, 3.05) is 43.2 Å². The summed E-state index contributed by atoms with van der Waals surface area (Å²) in [6, 6.07) is 3.84. The van der Waals surface area contributed by atoms with Crippen LogP contribution in [-0.2, 0) is 10.0 Å². The van der Waals surface area contributed by atoms with Gasteiger partial charge in [0, 0.05) is 37.7 Å². The molecule has 1 fully saturated rings. The summed E-state index contributed by atoms with van der Waals surface area (Å²) >= 11 is 5.62. The molecule has 1 aliphatic heterocycles. The molecule has 0 bridgehead atoms. The highest BCUT2D eigenvalue weighted by atomic mass is 35.5. The molecule has 0 atom stereocenters. The SMILES string of the molecule is O=S(=O)(CCN1CCNCC1)Nc1ccc(Cl)cc1F. The zero-order chi connectivity index (χ0) is 14.6. The Morgan fingerprint density at radius 2 is 2.05 bits per heavy atom. The summed E-state index contributed by atoms with van der Waals surface area (Å²) in [5.74, 6) is -0.738. The summed E-state index contributed by atoms with van der Waals surface area (Å²) in [5, 5.41) is 3.42. The first-order chi connectivity index (χ1) is 9.46. The van der Waals surface area contributed by atoms with Gasteiger partial charge in [-0.2, -0.15) is 0 Å². The molecule has 1 saturated heterocycles. The topological polar surface area (TPSA) is 61.4 Å². The maximum absolute atomic E-state index is 13.5. The number of nitrogens with zero attached hydrogens (tertiary/aromatic N) is 1. The molecular formula is C12H17ClFN3O2S. The first-order valence-electron chi connectivity index (χ1n) is 6.35. The lowest BCUT2D eigenvalue weighted by Crippen LogP contribution is -2.45. The van der Waals surface area contributed by atoms with Crippen LogP contribution in [0.5, 0.6) is 0 Å². The molecule has 0 aliphatic carbocycles. The lowest BCUT2D eigenvalue weighted by Gasteiger charge is -2.26. The highest BCUT2D eigenvalue weighted by Gasteiger charge is 2.17. The van der Waals surface area contributed by atoms with Gasteiger partial charge in [0.05, 0.1) is 11.4 Å². The van der Waals surface area contributed by atoms with Gasteiger partial charge in [-0.1, -0.05) is 11.6 Å². The van der Waals surface area contributed by atoms with Crippen molar-refractivity contribution in [3.05, 3.63) is 29.0 Å². The summed E-state index contributed by atoms with van der Waals surface area (Å²) in [5.41, 5.74) is -0.0743. The summed E-state index contributed by atoms with van der Waals surface area (Å²) in [6.45, 7) is 3.81. The molecule has 2 rings (SSSR count).